The molecule has 3 amide bonds. The summed E-state index contributed by atoms with van der Waals surface area (Å²) in [5, 5.41) is 12.6. The first-order chi connectivity index (χ1) is 15.4. The Labute approximate surface area is 187 Å². The number of aryl methyl sites for hydroxylation is 2. The van der Waals surface area contributed by atoms with Crippen molar-refractivity contribution in [3.8, 4) is 5.75 Å². The van der Waals surface area contributed by atoms with Crippen molar-refractivity contribution in [2.24, 2.45) is 7.05 Å². The lowest BCUT2D eigenvalue weighted by Crippen LogP contribution is -2.40. The van der Waals surface area contributed by atoms with Crippen LogP contribution in [-0.2, 0) is 16.6 Å². The summed E-state index contributed by atoms with van der Waals surface area (Å²) in [6.45, 7) is 4.03. The molecule has 0 bridgehead atoms. The van der Waals surface area contributed by atoms with E-state index in [0.29, 0.717) is 56.2 Å². The van der Waals surface area contributed by atoms with Crippen LogP contribution in [0, 0.1) is 6.92 Å². The third kappa shape index (κ3) is 7.09. The number of benzene rings is 1. The van der Waals surface area contributed by atoms with E-state index in [2.05, 4.69) is 21.0 Å². The molecule has 1 aromatic heterocycles. The molecule has 0 saturated carbocycles. The van der Waals surface area contributed by atoms with Crippen molar-refractivity contribution in [2.75, 3.05) is 44.6 Å². The van der Waals surface area contributed by atoms with Gasteiger partial charge in [-0.1, -0.05) is 11.6 Å². The van der Waals surface area contributed by atoms with Crippen molar-refractivity contribution < 1.29 is 19.1 Å². The maximum absolute atomic E-state index is 12.8. The van der Waals surface area contributed by atoms with E-state index in [9.17, 15) is 14.4 Å². The van der Waals surface area contributed by atoms with Crippen molar-refractivity contribution >= 4 is 23.5 Å². The van der Waals surface area contributed by atoms with Crippen LogP contribution in [0.25, 0.3) is 0 Å². The molecule has 0 saturated heterocycles. The third-order valence-corrected chi connectivity index (χ3v) is 5.00. The summed E-state index contributed by atoms with van der Waals surface area (Å²) < 4.78 is 7.33. The average molecular weight is 443 g/mol. The van der Waals surface area contributed by atoms with E-state index in [0.717, 1.165) is 5.56 Å². The number of carbonyl (C=O) groups excluding carboxylic acids is 3. The molecule has 10 heteroatoms. The van der Waals surface area contributed by atoms with Gasteiger partial charge in [0.2, 0.25) is 11.8 Å². The molecule has 3 rings (SSSR count). The van der Waals surface area contributed by atoms with Gasteiger partial charge in [0.25, 0.3) is 5.91 Å². The summed E-state index contributed by atoms with van der Waals surface area (Å²) in [7, 11) is 1.78. The molecule has 0 unspecified atom stereocenters. The maximum Gasteiger partial charge on any atom is 0.255 e. The Morgan fingerprint density at radius 3 is 2.81 bits per heavy atom. The highest BCUT2D eigenvalue weighted by Gasteiger charge is 2.16. The molecule has 32 heavy (non-hydrogen) atoms. The average Bonchev–Trinajstić information content (AvgIpc) is 3.15. The summed E-state index contributed by atoms with van der Waals surface area (Å²) in [6, 6.07) is 7.13. The molecule has 3 N–H and O–H groups in total. The maximum atomic E-state index is 12.8. The standard InChI is InChI=1S/C22H30N6O4/c1-16-5-6-18-17(14-16)22(31)24-8-12-28(10-3-4-20(29)23-9-13-32-18)15-21(30)25-19-7-11-27(2)26-19/h5-7,11,14H,3-4,8-10,12-13,15H2,1-2H3,(H,23,29)(H,24,31)(H,25,26,30). The van der Waals surface area contributed by atoms with Crippen LogP contribution < -0.4 is 20.7 Å². The molecule has 0 fully saturated rings. The minimum absolute atomic E-state index is 0.0697. The number of nitrogens with zero attached hydrogens (tertiary/aromatic N) is 3. The van der Waals surface area contributed by atoms with Gasteiger partial charge < -0.3 is 20.7 Å². The molecule has 0 radical (unpaired) electrons. The van der Waals surface area contributed by atoms with Crippen LogP contribution in [0.1, 0.15) is 28.8 Å². The SMILES string of the molecule is Cc1ccc2c(c1)C(=O)NCCN(CC(=O)Nc1ccn(C)n1)CCCC(=O)NCCO2. The van der Waals surface area contributed by atoms with Crippen molar-refractivity contribution in [3.63, 3.8) is 0 Å². The summed E-state index contributed by atoms with van der Waals surface area (Å²) in [5.74, 6) is 0.450. The number of aromatic nitrogens is 2. The predicted molar refractivity (Wildman–Crippen MR) is 120 cm³/mol. The van der Waals surface area contributed by atoms with Crippen molar-refractivity contribution in [1.82, 2.24) is 25.3 Å². The fraction of sp³-hybridized carbons (Fsp3) is 0.455. The normalized spacial score (nSPS) is 16.6. The number of amides is 3. The summed E-state index contributed by atoms with van der Waals surface area (Å²) in [6.07, 6.45) is 2.69. The van der Waals surface area contributed by atoms with E-state index in [1.165, 1.54) is 0 Å². The highest BCUT2D eigenvalue weighted by molar-refractivity contribution is 5.97. The highest BCUT2D eigenvalue weighted by atomic mass is 16.5. The first-order valence-electron chi connectivity index (χ1n) is 10.7. The molecule has 0 spiro atoms. The van der Waals surface area contributed by atoms with E-state index in [-0.39, 0.29) is 30.9 Å². The van der Waals surface area contributed by atoms with Crippen LogP contribution in [0.2, 0.25) is 0 Å². The topological polar surface area (TPSA) is 118 Å². The Bertz CT molecular complexity index is 958. The minimum atomic E-state index is -0.236. The van der Waals surface area contributed by atoms with Gasteiger partial charge in [0.05, 0.1) is 18.7 Å². The molecule has 2 aromatic rings. The van der Waals surface area contributed by atoms with Gasteiger partial charge in [-0.25, -0.2) is 0 Å². The molecule has 1 aliphatic heterocycles. The van der Waals surface area contributed by atoms with E-state index in [4.69, 9.17) is 4.74 Å². The molecule has 1 aromatic carbocycles. The van der Waals surface area contributed by atoms with Gasteiger partial charge in [0.1, 0.15) is 12.4 Å². The van der Waals surface area contributed by atoms with Gasteiger partial charge in [-0.15, -0.1) is 0 Å². The van der Waals surface area contributed by atoms with Crippen molar-refractivity contribution in [1.29, 1.82) is 0 Å². The highest BCUT2D eigenvalue weighted by Crippen LogP contribution is 2.20. The lowest BCUT2D eigenvalue weighted by molar-refractivity contribution is -0.121. The number of hydrogen-bond donors (Lipinski definition) is 3. The van der Waals surface area contributed by atoms with Gasteiger partial charge in [-0.3, -0.25) is 24.0 Å². The zero-order valence-electron chi connectivity index (χ0n) is 18.5. The van der Waals surface area contributed by atoms with E-state index in [1.54, 1.807) is 36.1 Å². The fourth-order valence-electron chi connectivity index (χ4n) is 3.41. The largest absolute Gasteiger partial charge is 0.491 e. The Balaban J connectivity index is 1.66. The third-order valence-electron chi connectivity index (χ3n) is 5.00. The molecule has 0 atom stereocenters. The molecular weight excluding hydrogens is 412 g/mol. The van der Waals surface area contributed by atoms with E-state index < -0.39 is 0 Å². The van der Waals surface area contributed by atoms with E-state index in [1.807, 2.05) is 17.9 Å². The Morgan fingerprint density at radius 1 is 1.19 bits per heavy atom. The molecule has 172 valence electrons. The summed E-state index contributed by atoms with van der Waals surface area (Å²) in [5.41, 5.74) is 1.40. The minimum Gasteiger partial charge on any atom is -0.491 e. The number of carbonyl (C=O) groups is 3. The Hall–Kier alpha value is -3.40. The number of nitrogens with one attached hydrogen (secondary N) is 3. The van der Waals surface area contributed by atoms with Gasteiger partial charge >= 0.3 is 0 Å². The monoisotopic (exact) mass is 442 g/mol. The second-order valence-corrected chi connectivity index (χ2v) is 7.76. The van der Waals surface area contributed by atoms with Gasteiger partial charge in [-0.05, 0) is 32.0 Å². The lowest BCUT2D eigenvalue weighted by Gasteiger charge is -2.21. The zero-order chi connectivity index (χ0) is 22.9. The van der Waals surface area contributed by atoms with Gasteiger partial charge in [0.15, 0.2) is 5.82 Å². The van der Waals surface area contributed by atoms with Crippen LogP contribution in [0.5, 0.6) is 5.75 Å². The fourth-order valence-corrected chi connectivity index (χ4v) is 3.41. The van der Waals surface area contributed by atoms with Crippen LogP contribution in [0.4, 0.5) is 5.82 Å². The molecule has 1 aliphatic rings. The molecular formula is C22H30N6O4. The Morgan fingerprint density at radius 2 is 2.03 bits per heavy atom. The molecule has 2 heterocycles. The first-order valence-corrected chi connectivity index (χ1v) is 10.7. The smallest absolute Gasteiger partial charge is 0.255 e. The molecule has 10 nitrogen and oxygen atoms in total. The van der Waals surface area contributed by atoms with Gasteiger partial charge in [-0.2, -0.15) is 5.10 Å². The number of anilines is 1. The van der Waals surface area contributed by atoms with Crippen molar-refractivity contribution in [3.05, 3.63) is 41.6 Å². The first kappa shape index (κ1) is 23.3. The summed E-state index contributed by atoms with van der Waals surface area (Å²) in [4.78, 5) is 39.2. The van der Waals surface area contributed by atoms with Crippen molar-refractivity contribution in [2.45, 2.75) is 19.8 Å². The second-order valence-electron chi connectivity index (χ2n) is 7.76. The lowest BCUT2D eigenvalue weighted by atomic mass is 10.1. The van der Waals surface area contributed by atoms with E-state index >= 15 is 0 Å². The Kier molecular flexibility index (Phi) is 8.20. The predicted octanol–water partition coefficient (Wildman–Crippen LogP) is 0.688. The van der Waals surface area contributed by atoms with Gasteiger partial charge in [0, 0.05) is 38.8 Å². The van der Waals surface area contributed by atoms with Crippen LogP contribution in [0.3, 0.4) is 0 Å². The quantitative estimate of drug-likeness (QED) is 0.644. The van der Waals surface area contributed by atoms with Crippen LogP contribution in [0.15, 0.2) is 30.5 Å². The zero-order valence-corrected chi connectivity index (χ0v) is 18.5. The van der Waals surface area contributed by atoms with Crippen LogP contribution in [-0.4, -0.2) is 71.7 Å². The number of fused-ring (bicyclic) bond motifs is 1. The number of ether oxygens (including phenoxy) is 1. The van der Waals surface area contributed by atoms with Crippen LogP contribution >= 0.6 is 0 Å². The number of hydrogen-bond acceptors (Lipinski definition) is 6. The summed E-state index contributed by atoms with van der Waals surface area (Å²) >= 11 is 0. The second kappa shape index (κ2) is 11.3. The molecule has 0 aliphatic carbocycles. The number of rotatable bonds is 3.